The Morgan fingerprint density at radius 2 is 2.24 bits per heavy atom. The molecule has 2 rings (SSSR count). The number of aryl methyl sites for hydroxylation is 1. The fourth-order valence-corrected chi connectivity index (χ4v) is 1.75. The molecule has 4 heteroatoms. The Kier molecular flexibility index (Phi) is 3.04. The maximum atomic E-state index is 9.46. The minimum Gasteiger partial charge on any atom is -0.508 e. The minimum absolute atomic E-state index is 0.252. The normalized spacial score (nSPS) is 17.3. The van der Waals surface area contributed by atoms with Crippen LogP contribution in [0.5, 0.6) is 5.75 Å². The molecule has 0 amide bonds. The molecule has 1 saturated heterocycles. The zero-order chi connectivity index (χ0) is 12.4. The van der Waals surface area contributed by atoms with Crippen LogP contribution in [0.3, 0.4) is 0 Å². The molecule has 3 N–H and O–H groups in total. The van der Waals surface area contributed by atoms with Crippen LogP contribution in [0.2, 0.25) is 0 Å². The van der Waals surface area contributed by atoms with Gasteiger partial charge in [-0.3, -0.25) is 5.41 Å². The van der Waals surface area contributed by atoms with Gasteiger partial charge in [-0.1, -0.05) is 0 Å². The lowest BCUT2D eigenvalue weighted by Crippen LogP contribution is -2.12. The highest BCUT2D eigenvalue weighted by Gasteiger charge is 2.15. The van der Waals surface area contributed by atoms with E-state index in [1.165, 1.54) is 0 Å². The molecule has 0 spiro atoms. The topological polar surface area (TPSA) is 65.3 Å². The van der Waals surface area contributed by atoms with Crippen LogP contribution < -0.4 is 5.32 Å². The van der Waals surface area contributed by atoms with Crippen molar-refractivity contribution in [2.75, 3.05) is 13.2 Å². The molecular weight excluding hydrogens is 216 g/mol. The number of allylic oxidation sites excluding steroid dienone is 1. The van der Waals surface area contributed by atoms with E-state index in [0.29, 0.717) is 18.2 Å². The molecule has 0 bridgehead atoms. The van der Waals surface area contributed by atoms with Crippen molar-refractivity contribution in [3.63, 3.8) is 0 Å². The third kappa shape index (κ3) is 2.25. The van der Waals surface area contributed by atoms with E-state index >= 15 is 0 Å². The molecule has 1 fully saturated rings. The van der Waals surface area contributed by atoms with Crippen LogP contribution in [-0.2, 0) is 4.74 Å². The number of phenols is 1. The first kappa shape index (κ1) is 11.5. The van der Waals surface area contributed by atoms with Gasteiger partial charge >= 0.3 is 0 Å². The smallest absolute Gasteiger partial charge is 0.192 e. The van der Waals surface area contributed by atoms with Crippen molar-refractivity contribution in [1.82, 2.24) is 5.32 Å². The average Bonchev–Trinajstić information content (AvgIpc) is 2.84. The quantitative estimate of drug-likeness (QED) is 0.682. The summed E-state index contributed by atoms with van der Waals surface area (Å²) >= 11 is 0. The van der Waals surface area contributed by atoms with E-state index in [1.807, 2.05) is 13.8 Å². The zero-order valence-electron chi connectivity index (χ0n) is 10.0. The number of phenolic OH excluding ortho intramolecular Hbond substituents is 1. The first-order chi connectivity index (χ1) is 8.09. The summed E-state index contributed by atoms with van der Waals surface area (Å²) < 4.78 is 5.39. The molecule has 0 unspecified atom stereocenters. The lowest BCUT2D eigenvalue weighted by atomic mass is 10.0. The number of rotatable bonds is 2. The summed E-state index contributed by atoms with van der Waals surface area (Å²) in [6.45, 7) is 5.11. The van der Waals surface area contributed by atoms with Gasteiger partial charge in [-0.05, 0) is 37.6 Å². The molecule has 0 atom stereocenters. The van der Waals surface area contributed by atoms with Crippen molar-refractivity contribution < 1.29 is 9.84 Å². The molecule has 90 valence electrons. The van der Waals surface area contributed by atoms with Gasteiger partial charge in [-0.15, -0.1) is 0 Å². The van der Waals surface area contributed by atoms with Crippen molar-refractivity contribution in [2.45, 2.75) is 13.8 Å². The summed E-state index contributed by atoms with van der Waals surface area (Å²) in [6.07, 6.45) is 0. The molecule has 1 aromatic rings. The Hall–Kier alpha value is -1.97. The standard InChI is InChI=1S/C13H16N2O2/c1-8-7-10(3-4-11(8)16)12(14)9(2)13-15-5-6-17-13/h3-4,7,14-16H,5-6H2,1-2H3/b13-9+,14-12?. The molecule has 0 radical (unpaired) electrons. The van der Waals surface area contributed by atoms with Crippen molar-refractivity contribution in [3.8, 4) is 5.75 Å². The number of nitrogens with one attached hydrogen (secondary N) is 2. The Bertz CT molecular complexity index is 484. The van der Waals surface area contributed by atoms with Crippen LogP contribution in [0.1, 0.15) is 18.1 Å². The zero-order valence-corrected chi connectivity index (χ0v) is 10.0. The highest BCUT2D eigenvalue weighted by molar-refractivity contribution is 6.10. The highest BCUT2D eigenvalue weighted by atomic mass is 16.5. The molecule has 0 aliphatic carbocycles. The number of hydrogen-bond acceptors (Lipinski definition) is 4. The van der Waals surface area contributed by atoms with Crippen molar-refractivity contribution in [3.05, 3.63) is 40.8 Å². The van der Waals surface area contributed by atoms with Crippen molar-refractivity contribution in [2.24, 2.45) is 0 Å². The van der Waals surface area contributed by atoms with Gasteiger partial charge in [0.25, 0.3) is 0 Å². The predicted octanol–water partition coefficient (Wildman–Crippen LogP) is 1.92. The summed E-state index contributed by atoms with van der Waals surface area (Å²) in [5, 5.41) is 20.7. The number of hydrogen-bond donors (Lipinski definition) is 3. The second-order valence-electron chi connectivity index (χ2n) is 4.11. The van der Waals surface area contributed by atoms with E-state index in [2.05, 4.69) is 5.32 Å². The van der Waals surface area contributed by atoms with E-state index in [1.54, 1.807) is 18.2 Å². The first-order valence-electron chi connectivity index (χ1n) is 5.56. The maximum absolute atomic E-state index is 9.46. The third-order valence-electron chi connectivity index (χ3n) is 2.84. The van der Waals surface area contributed by atoms with Gasteiger partial charge in [0.1, 0.15) is 12.4 Å². The number of benzene rings is 1. The van der Waals surface area contributed by atoms with Crippen LogP contribution >= 0.6 is 0 Å². The van der Waals surface area contributed by atoms with E-state index in [9.17, 15) is 5.11 Å². The highest BCUT2D eigenvalue weighted by Crippen LogP contribution is 2.20. The molecule has 0 aromatic heterocycles. The maximum Gasteiger partial charge on any atom is 0.192 e. The van der Waals surface area contributed by atoms with Gasteiger partial charge < -0.3 is 15.2 Å². The summed E-state index contributed by atoms with van der Waals surface area (Å²) in [5.74, 6) is 0.933. The number of ether oxygens (including phenoxy) is 1. The van der Waals surface area contributed by atoms with Crippen LogP contribution in [-0.4, -0.2) is 24.0 Å². The molecule has 17 heavy (non-hydrogen) atoms. The molecular formula is C13H16N2O2. The molecule has 1 heterocycles. The summed E-state index contributed by atoms with van der Waals surface area (Å²) in [4.78, 5) is 0. The van der Waals surface area contributed by atoms with E-state index in [-0.39, 0.29) is 5.75 Å². The summed E-state index contributed by atoms with van der Waals surface area (Å²) in [6, 6.07) is 5.15. The molecule has 1 aromatic carbocycles. The molecule has 0 saturated carbocycles. The van der Waals surface area contributed by atoms with Gasteiger partial charge in [-0.2, -0.15) is 0 Å². The van der Waals surface area contributed by atoms with Crippen LogP contribution in [0.15, 0.2) is 29.7 Å². The fourth-order valence-electron chi connectivity index (χ4n) is 1.75. The Balaban J connectivity index is 2.30. The average molecular weight is 232 g/mol. The van der Waals surface area contributed by atoms with Crippen molar-refractivity contribution >= 4 is 5.71 Å². The monoisotopic (exact) mass is 232 g/mol. The van der Waals surface area contributed by atoms with E-state index in [4.69, 9.17) is 10.1 Å². The Morgan fingerprint density at radius 3 is 2.82 bits per heavy atom. The SMILES string of the molecule is C/C(C(=N)c1ccc(O)c(C)c1)=C1/NCCO1. The Labute approximate surface area is 100 Å². The van der Waals surface area contributed by atoms with Gasteiger partial charge in [-0.25, -0.2) is 0 Å². The minimum atomic E-state index is 0.252. The second-order valence-corrected chi connectivity index (χ2v) is 4.11. The third-order valence-corrected chi connectivity index (χ3v) is 2.84. The predicted molar refractivity (Wildman–Crippen MR) is 66.3 cm³/mol. The van der Waals surface area contributed by atoms with E-state index < -0.39 is 0 Å². The largest absolute Gasteiger partial charge is 0.508 e. The van der Waals surface area contributed by atoms with Crippen molar-refractivity contribution in [1.29, 1.82) is 5.41 Å². The molecule has 4 nitrogen and oxygen atoms in total. The van der Waals surface area contributed by atoms with Crippen LogP contribution in [0.4, 0.5) is 0 Å². The lowest BCUT2D eigenvalue weighted by molar-refractivity contribution is 0.263. The second kappa shape index (κ2) is 4.49. The van der Waals surface area contributed by atoms with Gasteiger partial charge in [0.2, 0.25) is 0 Å². The summed E-state index contributed by atoms with van der Waals surface area (Å²) in [7, 11) is 0. The first-order valence-corrected chi connectivity index (χ1v) is 5.56. The van der Waals surface area contributed by atoms with E-state index in [0.717, 1.165) is 23.2 Å². The van der Waals surface area contributed by atoms with Gasteiger partial charge in [0.05, 0.1) is 12.3 Å². The van der Waals surface area contributed by atoms with Crippen LogP contribution in [0, 0.1) is 12.3 Å². The lowest BCUT2D eigenvalue weighted by Gasteiger charge is -2.09. The fraction of sp³-hybridized carbons (Fsp3) is 0.308. The van der Waals surface area contributed by atoms with Gasteiger partial charge in [0, 0.05) is 11.1 Å². The summed E-state index contributed by atoms with van der Waals surface area (Å²) in [5.41, 5.74) is 2.75. The van der Waals surface area contributed by atoms with Gasteiger partial charge in [0.15, 0.2) is 5.88 Å². The Morgan fingerprint density at radius 1 is 1.47 bits per heavy atom. The van der Waals surface area contributed by atoms with Crippen LogP contribution in [0.25, 0.3) is 0 Å². The molecule has 1 aliphatic heterocycles. The molecule has 1 aliphatic rings. The number of aromatic hydroxyl groups is 1.